The van der Waals surface area contributed by atoms with E-state index in [4.69, 9.17) is 4.98 Å². The van der Waals surface area contributed by atoms with Crippen molar-refractivity contribution < 1.29 is 4.79 Å². The number of likely N-dealkylation sites (tertiary alicyclic amines) is 1. The predicted molar refractivity (Wildman–Crippen MR) is 122 cm³/mol. The van der Waals surface area contributed by atoms with Gasteiger partial charge in [-0.25, -0.2) is 4.98 Å². The van der Waals surface area contributed by atoms with Crippen LogP contribution >= 0.6 is 0 Å². The molecule has 30 heavy (non-hydrogen) atoms. The van der Waals surface area contributed by atoms with Crippen LogP contribution in [0, 0.1) is 19.3 Å². The molecule has 2 saturated heterocycles. The first kappa shape index (κ1) is 19.1. The molecule has 0 bridgehead atoms. The first-order chi connectivity index (χ1) is 14.5. The van der Waals surface area contributed by atoms with E-state index in [1.165, 1.54) is 22.1 Å². The Morgan fingerprint density at radius 2 is 1.87 bits per heavy atom. The number of anilines is 1. The minimum absolute atomic E-state index is 0.261. The van der Waals surface area contributed by atoms with Gasteiger partial charge in [0.1, 0.15) is 5.82 Å². The normalized spacial score (nSPS) is 21.7. The maximum Gasteiger partial charge on any atom is 0.230 e. The summed E-state index contributed by atoms with van der Waals surface area (Å²) in [6.07, 6.45) is 2.98. The lowest BCUT2D eigenvalue weighted by molar-refractivity contribution is -0.145. The number of carbonyl (C=O) groups is 1. The Kier molecular flexibility index (Phi) is 4.73. The Balaban J connectivity index is 1.37. The molecule has 4 heteroatoms. The molecular formula is C26H29N3O. The zero-order valence-electron chi connectivity index (χ0n) is 17.9. The molecule has 3 heterocycles. The van der Waals surface area contributed by atoms with E-state index in [-0.39, 0.29) is 5.41 Å². The fraction of sp³-hybridized carbons (Fsp3) is 0.385. The third-order valence-electron chi connectivity index (χ3n) is 6.87. The van der Waals surface area contributed by atoms with Crippen LogP contribution in [-0.4, -0.2) is 35.4 Å². The van der Waals surface area contributed by atoms with E-state index in [1.807, 2.05) is 6.07 Å². The van der Waals surface area contributed by atoms with Crippen LogP contribution in [-0.2, 0) is 11.3 Å². The minimum Gasteiger partial charge on any atom is -0.355 e. The molecule has 1 amide bonds. The maximum atomic E-state index is 13.6. The molecule has 0 N–H and O–H groups in total. The topological polar surface area (TPSA) is 36.4 Å². The number of aryl methyl sites for hydroxylation is 2. The number of amides is 1. The van der Waals surface area contributed by atoms with Crippen molar-refractivity contribution in [3.8, 4) is 0 Å². The second-order valence-corrected chi connectivity index (χ2v) is 9.09. The van der Waals surface area contributed by atoms with Crippen LogP contribution in [0.5, 0.6) is 0 Å². The Bertz CT molecular complexity index is 1110. The van der Waals surface area contributed by atoms with Crippen LogP contribution in [0.1, 0.15) is 36.0 Å². The van der Waals surface area contributed by atoms with Crippen LogP contribution in [0.4, 0.5) is 5.82 Å². The van der Waals surface area contributed by atoms with Gasteiger partial charge in [0.15, 0.2) is 0 Å². The molecule has 1 unspecified atom stereocenters. The molecular weight excluding hydrogens is 370 g/mol. The zero-order chi connectivity index (χ0) is 20.7. The van der Waals surface area contributed by atoms with E-state index in [1.54, 1.807) is 0 Å². The van der Waals surface area contributed by atoms with Crippen molar-refractivity contribution in [2.24, 2.45) is 5.41 Å². The number of para-hydroxylation sites is 1. The molecule has 2 aromatic carbocycles. The standard InChI is InChI=1S/C26H29N3O/c1-19-7-5-8-21(15-19)17-28-13-6-11-26(25(28)30)12-14-29(18-26)24-16-20(2)22-9-3-4-10-23(22)27-24/h3-5,7-10,15-16H,6,11-14,17-18H2,1-2H3. The Labute approximate surface area is 178 Å². The quantitative estimate of drug-likeness (QED) is 0.630. The fourth-order valence-corrected chi connectivity index (χ4v) is 5.27. The highest BCUT2D eigenvalue weighted by atomic mass is 16.2. The van der Waals surface area contributed by atoms with Crippen LogP contribution in [0.15, 0.2) is 54.6 Å². The monoisotopic (exact) mass is 399 g/mol. The lowest BCUT2D eigenvalue weighted by atomic mass is 9.78. The second kappa shape index (κ2) is 7.42. The van der Waals surface area contributed by atoms with Gasteiger partial charge in [0, 0.05) is 31.6 Å². The lowest BCUT2D eigenvalue weighted by Gasteiger charge is -2.39. The third kappa shape index (κ3) is 3.34. The van der Waals surface area contributed by atoms with E-state index < -0.39 is 0 Å². The molecule has 4 nitrogen and oxygen atoms in total. The second-order valence-electron chi connectivity index (χ2n) is 9.09. The summed E-state index contributed by atoms with van der Waals surface area (Å²) in [6.45, 7) is 7.51. The van der Waals surface area contributed by atoms with Crippen molar-refractivity contribution in [3.05, 3.63) is 71.3 Å². The van der Waals surface area contributed by atoms with Gasteiger partial charge in [-0.3, -0.25) is 4.79 Å². The number of aromatic nitrogens is 1. The summed E-state index contributed by atoms with van der Waals surface area (Å²) in [6, 6.07) is 19.0. The molecule has 154 valence electrons. The highest BCUT2D eigenvalue weighted by molar-refractivity contribution is 5.86. The number of nitrogens with zero attached hydrogens (tertiary/aromatic N) is 3. The van der Waals surface area contributed by atoms with Crippen molar-refractivity contribution in [2.75, 3.05) is 24.5 Å². The van der Waals surface area contributed by atoms with Gasteiger partial charge in [0.05, 0.1) is 10.9 Å². The van der Waals surface area contributed by atoms with Crippen molar-refractivity contribution in [1.29, 1.82) is 0 Å². The first-order valence-electron chi connectivity index (χ1n) is 11.0. The highest BCUT2D eigenvalue weighted by Crippen LogP contribution is 2.42. The van der Waals surface area contributed by atoms with Crippen LogP contribution in [0.25, 0.3) is 10.9 Å². The van der Waals surface area contributed by atoms with Crippen molar-refractivity contribution in [1.82, 2.24) is 9.88 Å². The highest BCUT2D eigenvalue weighted by Gasteiger charge is 2.48. The number of rotatable bonds is 3. The number of piperidine rings is 1. The number of pyridine rings is 1. The average molecular weight is 400 g/mol. The SMILES string of the molecule is Cc1cccc(CN2CCCC3(CCN(c4cc(C)c5ccccc5n4)C3)C2=O)c1. The number of hydrogen-bond acceptors (Lipinski definition) is 3. The Morgan fingerprint density at radius 1 is 1.00 bits per heavy atom. The van der Waals surface area contributed by atoms with E-state index in [0.29, 0.717) is 5.91 Å². The van der Waals surface area contributed by atoms with Crippen LogP contribution in [0.2, 0.25) is 0 Å². The summed E-state index contributed by atoms with van der Waals surface area (Å²) < 4.78 is 0. The molecule has 1 atom stereocenters. The molecule has 1 spiro atoms. The van der Waals surface area contributed by atoms with E-state index >= 15 is 0 Å². The molecule has 0 radical (unpaired) electrons. The molecule has 2 aliphatic rings. The summed E-state index contributed by atoms with van der Waals surface area (Å²) >= 11 is 0. The van der Waals surface area contributed by atoms with Gasteiger partial charge >= 0.3 is 0 Å². The third-order valence-corrected chi connectivity index (χ3v) is 6.87. The summed E-state index contributed by atoms with van der Waals surface area (Å²) in [5.41, 5.74) is 4.49. The molecule has 5 rings (SSSR count). The summed E-state index contributed by atoms with van der Waals surface area (Å²) in [5, 5.41) is 1.20. The first-order valence-corrected chi connectivity index (χ1v) is 11.0. The average Bonchev–Trinajstić information content (AvgIpc) is 3.17. The van der Waals surface area contributed by atoms with E-state index in [0.717, 1.165) is 56.8 Å². The lowest BCUT2D eigenvalue weighted by Crippen LogP contribution is -2.49. The predicted octanol–water partition coefficient (Wildman–Crippen LogP) is 4.87. The molecule has 0 aliphatic carbocycles. The van der Waals surface area contributed by atoms with Gasteiger partial charge in [-0.2, -0.15) is 0 Å². The Hall–Kier alpha value is -2.88. The number of carbonyl (C=O) groups excluding carboxylic acids is 1. The van der Waals surface area contributed by atoms with Crippen molar-refractivity contribution in [2.45, 2.75) is 39.7 Å². The molecule has 1 aromatic heterocycles. The number of hydrogen-bond donors (Lipinski definition) is 0. The van der Waals surface area contributed by atoms with Crippen LogP contribution in [0.3, 0.4) is 0 Å². The van der Waals surface area contributed by atoms with E-state index in [9.17, 15) is 4.79 Å². The van der Waals surface area contributed by atoms with Crippen molar-refractivity contribution >= 4 is 22.6 Å². The molecule has 0 saturated carbocycles. The molecule has 2 fully saturated rings. The smallest absolute Gasteiger partial charge is 0.230 e. The zero-order valence-corrected chi connectivity index (χ0v) is 17.9. The number of benzene rings is 2. The molecule has 2 aliphatic heterocycles. The van der Waals surface area contributed by atoms with Gasteiger partial charge in [-0.15, -0.1) is 0 Å². The van der Waals surface area contributed by atoms with Crippen LogP contribution < -0.4 is 4.90 Å². The van der Waals surface area contributed by atoms with Crippen molar-refractivity contribution in [3.63, 3.8) is 0 Å². The maximum absolute atomic E-state index is 13.6. The largest absolute Gasteiger partial charge is 0.355 e. The van der Waals surface area contributed by atoms with Gasteiger partial charge in [0.2, 0.25) is 5.91 Å². The fourth-order valence-electron chi connectivity index (χ4n) is 5.27. The molecule has 3 aromatic rings. The number of fused-ring (bicyclic) bond motifs is 1. The minimum atomic E-state index is -0.261. The van der Waals surface area contributed by atoms with Gasteiger partial charge in [-0.1, -0.05) is 48.0 Å². The Morgan fingerprint density at radius 3 is 2.73 bits per heavy atom. The van der Waals surface area contributed by atoms with Gasteiger partial charge in [-0.05, 0) is 56.4 Å². The summed E-state index contributed by atoms with van der Waals surface area (Å²) in [7, 11) is 0. The van der Waals surface area contributed by atoms with Gasteiger partial charge in [0.25, 0.3) is 0 Å². The summed E-state index contributed by atoms with van der Waals surface area (Å²) in [4.78, 5) is 22.9. The summed E-state index contributed by atoms with van der Waals surface area (Å²) in [5.74, 6) is 1.34. The van der Waals surface area contributed by atoms with E-state index in [2.05, 4.69) is 72.2 Å². The van der Waals surface area contributed by atoms with Gasteiger partial charge < -0.3 is 9.80 Å².